The van der Waals surface area contributed by atoms with Gasteiger partial charge in [-0.25, -0.2) is 0 Å². The van der Waals surface area contributed by atoms with Gasteiger partial charge in [0, 0.05) is 5.69 Å². The Balaban J connectivity index is 1.31. The van der Waals surface area contributed by atoms with Crippen molar-refractivity contribution in [2.24, 2.45) is 5.73 Å². The molecule has 0 aliphatic rings. The summed E-state index contributed by atoms with van der Waals surface area (Å²) in [6.07, 6.45) is 1.97. The van der Waals surface area contributed by atoms with Crippen LogP contribution in [0.15, 0.2) is 133 Å². The second-order valence-corrected chi connectivity index (χ2v) is 12.7. The molecule has 0 radical (unpaired) electrons. The second-order valence-electron chi connectivity index (χ2n) is 12.7. The van der Waals surface area contributed by atoms with Crippen LogP contribution in [0.4, 0.5) is 5.69 Å². The first-order valence-corrected chi connectivity index (χ1v) is 17.4. The fourth-order valence-corrected chi connectivity index (χ4v) is 6.31. The average molecular weight is 696 g/mol. The monoisotopic (exact) mass is 695 g/mol. The van der Waals surface area contributed by atoms with Crippen molar-refractivity contribution in [1.29, 1.82) is 5.26 Å². The number of methoxy groups -OCH3 is 1. The van der Waals surface area contributed by atoms with E-state index in [2.05, 4.69) is 58.4 Å². The van der Waals surface area contributed by atoms with Crippen LogP contribution in [0.5, 0.6) is 5.75 Å². The molecule has 0 aliphatic heterocycles. The van der Waals surface area contributed by atoms with Gasteiger partial charge in [-0.1, -0.05) is 97.1 Å². The number of nitrogens with zero attached hydrogens (tertiary/aromatic N) is 1. The van der Waals surface area contributed by atoms with Gasteiger partial charge in [0.2, 0.25) is 11.8 Å². The number of hydrogen-bond donors (Lipinski definition) is 5. The van der Waals surface area contributed by atoms with Crippen molar-refractivity contribution in [2.75, 3.05) is 19.0 Å². The predicted molar refractivity (Wildman–Crippen MR) is 203 cm³/mol. The van der Waals surface area contributed by atoms with Gasteiger partial charge in [-0.2, -0.15) is 5.26 Å². The van der Waals surface area contributed by atoms with Gasteiger partial charge in [0.05, 0.1) is 36.9 Å². The largest absolute Gasteiger partial charge is 0.497 e. The van der Waals surface area contributed by atoms with E-state index in [0.717, 1.165) is 33.6 Å². The summed E-state index contributed by atoms with van der Waals surface area (Å²) in [7, 11) is 1.65. The summed E-state index contributed by atoms with van der Waals surface area (Å²) in [5, 5.41) is 28.2. The molecule has 5 rings (SSSR count). The quantitative estimate of drug-likeness (QED) is 0.0610. The van der Waals surface area contributed by atoms with Gasteiger partial charge in [-0.05, 0) is 96.4 Å². The number of nitrogens with two attached hydrogens (primary N) is 1. The first kappa shape index (κ1) is 37.5. The number of amides is 2. The van der Waals surface area contributed by atoms with Gasteiger partial charge in [-0.15, -0.1) is 0 Å². The number of carbonyl (C=O) groups excluding carboxylic acids is 2. The van der Waals surface area contributed by atoms with Crippen LogP contribution in [0.25, 0.3) is 0 Å². The van der Waals surface area contributed by atoms with Gasteiger partial charge in [0.25, 0.3) is 0 Å². The predicted octanol–water partition coefficient (Wildman–Crippen LogP) is 5.80. The molecular weight excluding hydrogens is 651 g/mol. The Bertz CT molecular complexity index is 1870. The average Bonchev–Trinajstić information content (AvgIpc) is 3.20. The number of nitriles is 1. The summed E-state index contributed by atoms with van der Waals surface area (Å²) in [5.41, 5.74) is 11.5. The number of aliphatic hydroxyl groups excluding tert-OH is 1. The topological polar surface area (TPSA) is 149 Å². The Morgan fingerprint density at radius 1 is 0.769 bits per heavy atom. The summed E-state index contributed by atoms with van der Waals surface area (Å²) < 4.78 is 5.46. The van der Waals surface area contributed by atoms with Crippen molar-refractivity contribution < 1.29 is 19.4 Å². The van der Waals surface area contributed by atoms with Crippen molar-refractivity contribution in [1.82, 2.24) is 10.6 Å². The van der Waals surface area contributed by atoms with Crippen LogP contribution in [-0.4, -0.2) is 42.7 Å². The minimum absolute atomic E-state index is 0.105. The minimum Gasteiger partial charge on any atom is -0.497 e. The maximum atomic E-state index is 13.6. The van der Waals surface area contributed by atoms with E-state index in [9.17, 15) is 14.7 Å². The standard InChI is InChI=1S/C43H45N5O4/c1-52-38-25-21-36(22-26-38)43(34-10-4-2-5-11-34,35-12-6-3-7-13-35)46-27-9-8-14-40(42(51)47-37-23-19-33(30-49)20-24-37)48-41(50)39(45)28-31-15-17-32(29-44)18-16-31/h2-7,10-13,15-26,39-40,46,49H,8-9,14,27-28,30,45H2,1H3,(H,47,51)(H,48,50)/t39-,40-/m0/s1. The molecule has 0 saturated carbocycles. The van der Waals surface area contributed by atoms with Crippen LogP contribution in [0.2, 0.25) is 0 Å². The Kier molecular flexibility index (Phi) is 13.3. The van der Waals surface area contributed by atoms with E-state index in [4.69, 9.17) is 15.7 Å². The zero-order chi connectivity index (χ0) is 36.8. The third kappa shape index (κ3) is 9.50. The van der Waals surface area contributed by atoms with Crippen molar-refractivity contribution in [3.63, 3.8) is 0 Å². The molecule has 0 saturated heterocycles. The minimum atomic E-state index is -0.893. The zero-order valence-corrected chi connectivity index (χ0v) is 29.3. The fourth-order valence-electron chi connectivity index (χ4n) is 6.31. The van der Waals surface area contributed by atoms with Crippen LogP contribution in [0, 0.1) is 11.3 Å². The third-order valence-electron chi connectivity index (χ3n) is 9.16. The first-order valence-electron chi connectivity index (χ1n) is 17.4. The van der Waals surface area contributed by atoms with Crippen molar-refractivity contribution in [3.8, 4) is 11.8 Å². The SMILES string of the molecule is COc1ccc(C(NCCCC[C@H](NC(=O)[C@@H](N)Cc2ccc(C#N)cc2)C(=O)Nc2ccc(CO)cc2)(c2ccccc2)c2ccccc2)cc1. The van der Waals surface area contributed by atoms with Crippen molar-refractivity contribution in [2.45, 2.75) is 49.9 Å². The Labute approximate surface area is 305 Å². The molecule has 9 heteroatoms. The highest BCUT2D eigenvalue weighted by Gasteiger charge is 2.36. The molecule has 5 aromatic rings. The number of aliphatic hydroxyl groups is 1. The molecule has 0 fully saturated rings. The highest BCUT2D eigenvalue weighted by atomic mass is 16.5. The number of benzene rings is 5. The van der Waals surface area contributed by atoms with Gasteiger partial charge < -0.3 is 26.2 Å². The maximum absolute atomic E-state index is 13.6. The molecule has 266 valence electrons. The molecule has 0 heterocycles. The summed E-state index contributed by atoms with van der Waals surface area (Å²) in [5.74, 6) is -0.0270. The van der Waals surface area contributed by atoms with E-state index < -0.39 is 23.5 Å². The molecule has 2 atom stereocenters. The van der Waals surface area contributed by atoms with E-state index in [0.29, 0.717) is 37.1 Å². The molecule has 0 unspecified atom stereocenters. The number of hydrogen-bond acceptors (Lipinski definition) is 7. The smallest absolute Gasteiger partial charge is 0.246 e. The first-order chi connectivity index (χ1) is 25.4. The molecule has 2 amide bonds. The van der Waals surface area contributed by atoms with Crippen LogP contribution >= 0.6 is 0 Å². The van der Waals surface area contributed by atoms with Crippen LogP contribution in [-0.2, 0) is 28.2 Å². The lowest BCUT2D eigenvalue weighted by molar-refractivity contribution is -0.127. The summed E-state index contributed by atoms with van der Waals surface area (Å²) >= 11 is 0. The van der Waals surface area contributed by atoms with Crippen LogP contribution < -0.4 is 26.4 Å². The Morgan fingerprint density at radius 2 is 1.35 bits per heavy atom. The zero-order valence-electron chi connectivity index (χ0n) is 29.3. The highest BCUT2D eigenvalue weighted by molar-refractivity contribution is 5.97. The van der Waals surface area contributed by atoms with E-state index in [-0.39, 0.29) is 18.9 Å². The van der Waals surface area contributed by atoms with Crippen LogP contribution in [0.1, 0.15) is 52.6 Å². The van der Waals surface area contributed by atoms with Gasteiger partial charge >= 0.3 is 0 Å². The number of rotatable bonds is 17. The lowest BCUT2D eigenvalue weighted by atomic mass is 9.77. The van der Waals surface area contributed by atoms with E-state index in [1.54, 1.807) is 55.6 Å². The Hall–Kier alpha value is -5.79. The second kappa shape index (κ2) is 18.4. The molecule has 0 bridgehead atoms. The molecule has 6 N–H and O–H groups in total. The third-order valence-corrected chi connectivity index (χ3v) is 9.16. The normalized spacial score (nSPS) is 12.3. The molecule has 5 aromatic carbocycles. The lowest BCUT2D eigenvalue weighted by Crippen LogP contribution is -2.50. The van der Waals surface area contributed by atoms with E-state index in [1.165, 1.54) is 0 Å². The van der Waals surface area contributed by atoms with E-state index >= 15 is 0 Å². The maximum Gasteiger partial charge on any atom is 0.246 e. The molecule has 0 aliphatic carbocycles. The summed E-state index contributed by atoms with van der Waals surface area (Å²) in [6.45, 7) is 0.505. The van der Waals surface area contributed by atoms with Crippen molar-refractivity contribution >= 4 is 17.5 Å². The fraction of sp³-hybridized carbons (Fsp3) is 0.233. The molecular formula is C43H45N5O4. The Morgan fingerprint density at radius 3 is 1.90 bits per heavy atom. The van der Waals surface area contributed by atoms with Gasteiger partial charge in [-0.3, -0.25) is 14.9 Å². The number of ether oxygens (including phenoxy) is 1. The summed E-state index contributed by atoms with van der Waals surface area (Å²) in [6, 6.07) is 42.9. The number of anilines is 1. The van der Waals surface area contributed by atoms with E-state index in [1.807, 2.05) is 48.5 Å². The number of carbonyl (C=O) groups is 2. The van der Waals surface area contributed by atoms with Gasteiger partial charge in [0.1, 0.15) is 11.8 Å². The highest BCUT2D eigenvalue weighted by Crippen LogP contribution is 2.37. The molecule has 52 heavy (non-hydrogen) atoms. The number of nitrogens with one attached hydrogen (secondary N) is 3. The molecule has 0 aromatic heterocycles. The number of unbranched alkanes of at least 4 members (excludes halogenated alkanes) is 1. The molecule has 9 nitrogen and oxygen atoms in total. The van der Waals surface area contributed by atoms with Gasteiger partial charge in [0.15, 0.2) is 0 Å². The summed E-state index contributed by atoms with van der Waals surface area (Å²) in [4.78, 5) is 27.0. The lowest BCUT2D eigenvalue weighted by Gasteiger charge is -2.37. The molecule has 0 spiro atoms. The van der Waals surface area contributed by atoms with Crippen molar-refractivity contribution in [3.05, 3.63) is 167 Å². The van der Waals surface area contributed by atoms with Crippen LogP contribution in [0.3, 0.4) is 0 Å².